The summed E-state index contributed by atoms with van der Waals surface area (Å²) in [7, 11) is 1.43. The maximum absolute atomic E-state index is 10.8. The molecule has 4 saturated carbocycles. The van der Waals surface area contributed by atoms with Crippen LogP contribution in [0.4, 0.5) is 0 Å². The lowest BCUT2D eigenvalue weighted by molar-refractivity contribution is -0.158. The predicted molar refractivity (Wildman–Crippen MR) is 146 cm³/mol. The maximum atomic E-state index is 10.8. The number of rotatable bonds is 6. The Bertz CT molecular complexity index is 744. The molecule has 0 amide bonds. The molecule has 8 unspecified atom stereocenters. The second-order valence-corrected chi connectivity index (χ2v) is 13.7. The van der Waals surface area contributed by atoms with Crippen LogP contribution in [0.15, 0.2) is 22.8 Å². The van der Waals surface area contributed by atoms with Crippen LogP contribution in [-0.4, -0.2) is 17.8 Å². The Labute approximate surface area is 213 Å². The first kappa shape index (κ1) is 25.6. The summed E-state index contributed by atoms with van der Waals surface area (Å²) in [6.45, 7) is 12.8. The van der Waals surface area contributed by atoms with E-state index in [4.69, 9.17) is 4.18 Å². The molecular weight excluding hydrogens is 527 g/mol. The summed E-state index contributed by atoms with van der Waals surface area (Å²) in [5.74, 6) is 3.45. The van der Waals surface area contributed by atoms with Gasteiger partial charge < -0.3 is 9.29 Å². The quantitative estimate of drug-likeness (QED) is 0.196. The molecule has 32 heavy (non-hydrogen) atoms. The van der Waals surface area contributed by atoms with Crippen molar-refractivity contribution in [1.82, 2.24) is 0 Å². The Morgan fingerprint density at radius 1 is 1.03 bits per heavy atom. The summed E-state index contributed by atoms with van der Waals surface area (Å²) in [5.41, 5.74) is 5.85. The van der Waals surface area contributed by atoms with Crippen LogP contribution < -0.4 is 0 Å². The Kier molecular flexibility index (Phi) is 8.17. The fourth-order valence-electron chi connectivity index (χ4n) is 8.98. The number of allylic oxidation sites excluding steroid dienone is 4. The first-order chi connectivity index (χ1) is 15.2. The van der Waals surface area contributed by atoms with Crippen molar-refractivity contribution in [2.24, 2.45) is 40.4 Å². The van der Waals surface area contributed by atoms with Gasteiger partial charge in [0, 0.05) is 27.1 Å². The van der Waals surface area contributed by atoms with Crippen LogP contribution in [0, 0.1) is 40.4 Å². The van der Waals surface area contributed by atoms with E-state index in [1.807, 2.05) is 5.57 Å². The first-order valence-electron chi connectivity index (χ1n) is 13.1. The van der Waals surface area contributed by atoms with Crippen LogP contribution in [-0.2, 0) is 4.18 Å². The summed E-state index contributed by atoms with van der Waals surface area (Å²) in [6, 6.07) is 0. The summed E-state index contributed by atoms with van der Waals surface area (Å²) in [5, 5.41) is 10.8. The molecule has 1 N–H and O–H groups in total. The highest BCUT2D eigenvalue weighted by Gasteiger charge is 2.61. The third-order valence-electron chi connectivity index (χ3n) is 10.6. The van der Waals surface area contributed by atoms with Crippen molar-refractivity contribution in [2.45, 2.75) is 105 Å². The average molecular weight is 573 g/mol. The summed E-state index contributed by atoms with van der Waals surface area (Å²) in [6.07, 6.45) is 15.0. The van der Waals surface area contributed by atoms with Crippen molar-refractivity contribution in [1.29, 1.82) is 0 Å². The molecule has 4 aliphatic carbocycles. The number of halogens is 1. The molecule has 4 heteroatoms. The minimum absolute atomic E-state index is 0.176. The highest BCUT2D eigenvalue weighted by Crippen LogP contribution is 2.69. The van der Waals surface area contributed by atoms with Gasteiger partial charge in [-0.3, -0.25) is 0 Å². The molecule has 0 spiro atoms. The topological polar surface area (TPSA) is 29.5 Å². The number of hydrogen-bond donors (Lipinski definition) is 1. The monoisotopic (exact) mass is 572 g/mol. The standard InChI is InChI=1S/C28H45IO2S/c1-18(2)7-6-8-19(3)20-13-15-27(4)22(20)9-11-25-24(27)12-10-23-21(17-31-32-29)26(30)14-16-28(23,25)5/h7,21-26,30H,6,8-17H2,1-5H3/b20-19-. The molecule has 0 bridgehead atoms. The van der Waals surface area contributed by atoms with E-state index in [9.17, 15) is 5.11 Å². The van der Waals surface area contributed by atoms with E-state index in [0.29, 0.717) is 29.3 Å². The van der Waals surface area contributed by atoms with Crippen LogP contribution in [0.2, 0.25) is 0 Å². The van der Waals surface area contributed by atoms with E-state index in [-0.39, 0.29) is 6.10 Å². The lowest BCUT2D eigenvalue weighted by Gasteiger charge is -2.63. The number of aliphatic hydroxyl groups is 1. The molecular formula is C28H45IO2S. The van der Waals surface area contributed by atoms with Crippen molar-refractivity contribution in [3.8, 4) is 0 Å². The normalized spacial score (nSPS) is 45.0. The van der Waals surface area contributed by atoms with Gasteiger partial charge in [0.05, 0.1) is 21.9 Å². The third-order valence-corrected chi connectivity index (χ3v) is 11.6. The van der Waals surface area contributed by atoms with Gasteiger partial charge in [-0.15, -0.1) is 0 Å². The van der Waals surface area contributed by atoms with Gasteiger partial charge in [-0.25, -0.2) is 0 Å². The van der Waals surface area contributed by atoms with Crippen molar-refractivity contribution >= 4 is 30.4 Å². The van der Waals surface area contributed by atoms with E-state index in [1.54, 1.807) is 5.57 Å². The molecule has 8 atom stereocenters. The molecule has 4 fully saturated rings. The predicted octanol–water partition coefficient (Wildman–Crippen LogP) is 8.69. The van der Waals surface area contributed by atoms with Crippen LogP contribution in [0.5, 0.6) is 0 Å². The fraction of sp³-hybridized carbons (Fsp3) is 0.857. The smallest absolute Gasteiger partial charge is 0.0679 e. The minimum atomic E-state index is -0.176. The van der Waals surface area contributed by atoms with Gasteiger partial charge in [-0.1, -0.05) is 36.6 Å². The SMILES string of the molecule is CC(C)=CCC/C(C)=C1/CCC2(C)C1CCC1C2CCC2C(COSI)C(O)CCC21C. The average Bonchev–Trinajstić information content (AvgIpc) is 3.10. The fourth-order valence-corrected chi connectivity index (χ4v) is 9.63. The molecule has 0 heterocycles. The Balaban J connectivity index is 1.54. The molecule has 4 aliphatic rings. The Hall–Kier alpha value is 0.480. The highest BCUT2D eigenvalue weighted by molar-refractivity contribution is 14.2. The molecule has 0 aliphatic heterocycles. The van der Waals surface area contributed by atoms with E-state index >= 15 is 0 Å². The molecule has 0 aromatic carbocycles. The van der Waals surface area contributed by atoms with Crippen molar-refractivity contribution in [2.75, 3.05) is 6.61 Å². The first-order valence-corrected chi connectivity index (χ1v) is 16.4. The van der Waals surface area contributed by atoms with Crippen LogP contribution in [0.3, 0.4) is 0 Å². The number of fused-ring (bicyclic) bond motifs is 5. The molecule has 0 radical (unpaired) electrons. The van der Waals surface area contributed by atoms with Crippen LogP contribution in [0.1, 0.15) is 98.8 Å². The molecule has 0 aromatic rings. The molecule has 4 rings (SSSR count). The summed E-state index contributed by atoms with van der Waals surface area (Å²) < 4.78 is 5.78. The van der Waals surface area contributed by atoms with Gasteiger partial charge in [-0.2, -0.15) is 0 Å². The zero-order valence-corrected chi connectivity index (χ0v) is 23.9. The maximum Gasteiger partial charge on any atom is 0.0679 e. The van der Waals surface area contributed by atoms with Gasteiger partial charge in [0.1, 0.15) is 0 Å². The summed E-state index contributed by atoms with van der Waals surface area (Å²) in [4.78, 5) is 0. The lowest BCUT2D eigenvalue weighted by Crippen LogP contribution is -2.57. The zero-order valence-electron chi connectivity index (χ0n) is 21.0. The van der Waals surface area contributed by atoms with E-state index in [0.717, 1.165) is 24.2 Å². The van der Waals surface area contributed by atoms with E-state index in [2.05, 4.69) is 61.9 Å². The zero-order chi connectivity index (χ0) is 23.1. The second kappa shape index (κ2) is 10.2. The van der Waals surface area contributed by atoms with Crippen LogP contribution >= 0.6 is 30.4 Å². The number of hydrogen-bond acceptors (Lipinski definition) is 3. The molecule has 2 nitrogen and oxygen atoms in total. The van der Waals surface area contributed by atoms with Gasteiger partial charge in [0.2, 0.25) is 0 Å². The van der Waals surface area contributed by atoms with Crippen molar-refractivity contribution in [3.63, 3.8) is 0 Å². The van der Waals surface area contributed by atoms with Crippen molar-refractivity contribution < 1.29 is 9.29 Å². The van der Waals surface area contributed by atoms with E-state index < -0.39 is 0 Å². The molecule has 182 valence electrons. The molecule has 0 saturated heterocycles. The minimum Gasteiger partial charge on any atom is -0.393 e. The van der Waals surface area contributed by atoms with Gasteiger partial charge in [0.15, 0.2) is 0 Å². The summed E-state index contributed by atoms with van der Waals surface area (Å²) >= 11 is 2.21. The Morgan fingerprint density at radius 3 is 2.44 bits per heavy atom. The Morgan fingerprint density at radius 2 is 1.72 bits per heavy atom. The van der Waals surface area contributed by atoms with Crippen molar-refractivity contribution in [3.05, 3.63) is 22.8 Å². The second-order valence-electron chi connectivity index (χ2n) is 12.3. The third kappa shape index (κ3) is 4.53. The van der Waals surface area contributed by atoms with E-state index in [1.165, 1.54) is 72.6 Å². The largest absolute Gasteiger partial charge is 0.393 e. The molecule has 0 aromatic heterocycles. The lowest BCUT2D eigenvalue weighted by atomic mass is 9.42. The van der Waals surface area contributed by atoms with Crippen LogP contribution in [0.25, 0.3) is 0 Å². The number of aliphatic hydroxyl groups excluding tert-OH is 1. The van der Waals surface area contributed by atoms with Gasteiger partial charge in [-0.05, 0) is 119 Å². The van der Waals surface area contributed by atoms with Gasteiger partial charge >= 0.3 is 0 Å². The van der Waals surface area contributed by atoms with Gasteiger partial charge in [0.25, 0.3) is 0 Å². The highest BCUT2D eigenvalue weighted by atomic mass is 127.